The molecule has 0 aromatic heterocycles. The van der Waals surface area contributed by atoms with Crippen molar-refractivity contribution in [2.24, 2.45) is 11.7 Å². The fourth-order valence-electron chi connectivity index (χ4n) is 1.62. The van der Waals surface area contributed by atoms with Crippen LogP contribution in [-0.2, 0) is 16.1 Å². The van der Waals surface area contributed by atoms with Gasteiger partial charge < -0.3 is 20.5 Å². The predicted molar refractivity (Wildman–Crippen MR) is 78.5 cm³/mol. The Morgan fingerprint density at radius 2 is 2.00 bits per heavy atom. The number of carbonyl (C=O) groups is 1. The smallest absolute Gasteiger partial charge is 0.239 e. The molecular formula is C15H24N2O3. The Kier molecular flexibility index (Phi) is 7.04. The van der Waals surface area contributed by atoms with Crippen LogP contribution in [-0.4, -0.2) is 32.3 Å². The third kappa shape index (κ3) is 5.59. The molecule has 0 aliphatic heterocycles. The summed E-state index contributed by atoms with van der Waals surface area (Å²) in [7, 11) is 1.52. The first-order valence-corrected chi connectivity index (χ1v) is 6.77. The van der Waals surface area contributed by atoms with E-state index in [0.717, 1.165) is 11.3 Å². The molecule has 1 aromatic rings. The maximum Gasteiger partial charge on any atom is 0.239 e. The minimum atomic E-state index is -0.649. The van der Waals surface area contributed by atoms with Crippen molar-refractivity contribution in [1.82, 2.24) is 5.32 Å². The van der Waals surface area contributed by atoms with Crippen LogP contribution in [0.15, 0.2) is 24.3 Å². The van der Waals surface area contributed by atoms with E-state index in [0.29, 0.717) is 19.1 Å². The second-order valence-electron chi connectivity index (χ2n) is 5.09. The quantitative estimate of drug-likeness (QED) is 0.753. The van der Waals surface area contributed by atoms with Crippen molar-refractivity contribution >= 4 is 5.91 Å². The predicted octanol–water partition coefficient (Wildman–Crippen LogP) is 1.31. The Morgan fingerprint density at radius 3 is 2.65 bits per heavy atom. The lowest BCUT2D eigenvalue weighted by molar-refractivity contribution is -0.123. The number of benzene rings is 1. The summed E-state index contributed by atoms with van der Waals surface area (Å²) in [4.78, 5) is 11.7. The van der Waals surface area contributed by atoms with Crippen molar-refractivity contribution in [1.29, 1.82) is 0 Å². The molecule has 0 radical (unpaired) electrons. The number of methoxy groups -OCH3 is 1. The maximum atomic E-state index is 11.7. The van der Waals surface area contributed by atoms with Crippen LogP contribution in [0.4, 0.5) is 0 Å². The molecule has 1 unspecified atom stereocenters. The molecule has 5 heteroatoms. The zero-order chi connectivity index (χ0) is 15.0. The Hall–Kier alpha value is -1.59. The molecule has 0 spiro atoms. The highest BCUT2D eigenvalue weighted by atomic mass is 16.5. The van der Waals surface area contributed by atoms with Gasteiger partial charge in [-0.25, -0.2) is 0 Å². The molecule has 0 bridgehead atoms. The monoisotopic (exact) mass is 280 g/mol. The summed E-state index contributed by atoms with van der Waals surface area (Å²) in [6, 6.07) is 7.01. The van der Waals surface area contributed by atoms with Crippen molar-refractivity contribution in [2.75, 3.05) is 20.3 Å². The molecule has 5 nitrogen and oxygen atoms in total. The third-order valence-corrected chi connectivity index (χ3v) is 2.68. The first kappa shape index (κ1) is 16.5. The van der Waals surface area contributed by atoms with Gasteiger partial charge >= 0.3 is 0 Å². The lowest BCUT2D eigenvalue weighted by atomic mass is 10.2. The highest BCUT2D eigenvalue weighted by Gasteiger charge is 2.13. The molecule has 0 heterocycles. The number of rotatable bonds is 8. The fraction of sp³-hybridized carbons (Fsp3) is 0.533. The topological polar surface area (TPSA) is 73.6 Å². The highest BCUT2D eigenvalue weighted by molar-refractivity contribution is 5.81. The molecule has 3 N–H and O–H groups in total. The second kappa shape index (κ2) is 8.55. The van der Waals surface area contributed by atoms with Gasteiger partial charge in [-0.2, -0.15) is 0 Å². The largest absolute Gasteiger partial charge is 0.493 e. The summed E-state index contributed by atoms with van der Waals surface area (Å²) in [5, 5.41) is 2.79. The van der Waals surface area contributed by atoms with Crippen LogP contribution >= 0.6 is 0 Å². The summed E-state index contributed by atoms with van der Waals surface area (Å²) in [5.74, 6) is 1.01. The first-order valence-electron chi connectivity index (χ1n) is 6.77. The van der Waals surface area contributed by atoms with Crippen molar-refractivity contribution in [3.63, 3.8) is 0 Å². The number of ether oxygens (including phenoxy) is 2. The van der Waals surface area contributed by atoms with E-state index >= 15 is 0 Å². The Labute approximate surface area is 120 Å². The van der Waals surface area contributed by atoms with Crippen LogP contribution in [0.3, 0.4) is 0 Å². The van der Waals surface area contributed by atoms with Crippen molar-refractivity contribution in [3.8, 4) is 5.75 Å². The Balaban J connectivity index is 2.56. The minimum Gasteiger partial charge on any atom is -0.493 e. The molecule has 1 aromatic carbocycles. The zero-order valence-corrected chi connectivity index (χ0v) is 12.4. The van der Waals surface area contributed by atoms with Gasteiger partial charge in [0, 0.05) is 19.2 Å². The number of amides is 1. The molecule has 20 heavy (non-hydrogen) atoms. The van der Waals surface area contributed by atoms with E-state index in [2.05, 4.69) is 19.2 Å². The number of nitrogens with one attached hydrogen (secondary N) is 1. The molecule has 1 amide bonds. The van der Waals surface area contributed by atoms with Gasteiger partial charge in [0.15, 0.2) is 0 Å². The molecule has 112 valence electrons. The van der Waals surface area contributed by atoms with Gasteiger partial charge in [-0.3, -0.25) is 4.79 Å². The molecular weight excluding hydrogens is 256 g/mol. The summed E-state index contributed by atoms with van der Waals surface area (Å²) in [6.45, 7) is 5.43. The number of hydrogen-bond acceptors (Lipinski definition) is 4. The van der Waals surface area contributed by atoms with Gasteiger partial charge in [-0.05, 0) is 12.0 Å². The molecule has 0 aliphatic rings. The van der Waals surface area contributed by atoms with Crippen LogP contribution < -0.4 is 15.8 Å². The van der Waals surface area contributed by atoms with E-state index in [4.69, 9.17) is 15.2 Å². The van der Waals surface area contributed by atoms with Crippen molar-refractivity contribution in [2.45, 2.75) is 26.4 Å². The number of hydrogen-bond donors (Lipinski definition) is 2. The van der Waals surface area contributed by atoms with Crippen molar-refractivity contribution < 1.29 is 14.3 Å². The average molecular weight is 280 g/mol. The Morgan fingerprint density at radius 1 is 1.30 bits per heavy atom. The highest BCUT2D eigenvalue weighted by Crippen LogP contribution is 2.18. The van der Waals surface area contributed by atoms with E-state index in [1.165, 1.54) is 7.11 Å². The van der Waals surface area contributed by atoms with Gasteiger partial charge in [0.05, 0.1) is 13.2 Å². The van der Waals surface area contributed by atoms with Crippen molar-refractivity contribution in [3.05, 3.63) is 29.8 Å². The molecule has 0 aliphatic carbocycles. The number of nitrogens with two attached hydrogens (primary N) is 1. The lowest BCUT2D eigenvalue weighted by Gasteiger charge is -2.15. The average Bonchev–Trinajstić information content (AvgIpc) is 2.43. The fourth-order valence-corrected chi connectivity index (χ4v) is 1.62. The summed E-state index contributed by atoms with van der Waals surface area (Å²) >= 11 is 0. The molecule has 0 saturated heterocycles. The van der Waals surface area contributed by atoms with Gasteiger partial charge in [0.1, 0.15) is 11.8 Å². The van der Waals surface area contributed by atoms with Crippen LogP contribution in [0, 0.1) is 5.92 Å². The van der Waals surface area contributed by atoms with E-state index in [9.17, 15) is 4.79 Å². The number of carbonyl (C=O) groups excluding carboxylic acids is 1. The van der Waals surface area contributed by atoms with Gasteiger partial charge in [-0.1, -0.05) is 32.0 Å². The normalized spacial score (nSPS) is 12.2. The first-order chi connectivity index (χ1) is 9.54. The van der Waals surface area contributed by atoms with Gasteiger partial charge in [-0.15, -0.1) is 0 Å². The third-order valence-electron chi connectivity index (χ3n) is 2.68. The van der Waals surface area contributed by atoms with E-state index < -0.39 is 6.04 Å². The van der Waals surface area contributed by atoms with E-state index in [1.54, 1.807) is 0 Å². The maximum absolute atomic E-state index is 11.7. The second-order valence-corrected chi connectivity index (χ2v) is 5.09. The van der Waals surface area contributed by atoms with E-state index in [1.807, 2.05) is 24.3 Å². The lowest BCUT2D eigenvalue weighted by Crippen LogP contribution is -2.43. The molecule has 0 saturated carbocycles. The molecule has 1 atom stereocenters. The SMILES string of the molecule is COCC(N)C(=O)NCc1ccccc1OCC(C)C. The summed E-state index contributed by atoms with van der Waals surface area (Å²) < 4.78 is 10.6. The molecule has 0 fully saturated rings. The van der Waals surface area contributed by atoms with Crippen LogP contribution in [0.1, 0.15) is 19.4 Å². The summed E-state index contributed by atoms with van der Waals surface area (Å²) in [5.41, 5.74) is 6.60. The van der Waals surface area contributed by atoms with Crippen LogP contribution in [0.25, 0.3) is 0 Å². The standard InChI is InChI=1S/C15H24N2O3/c1-11(2)9-20-14-7-5-4-6-12(14)8-17-15(18)13(16)10-19-3/h4-7,11,13H,8-10,16H2,1-3H3,(H,17,18). The van der Waals surface area contributed by atoms with Gasteiger partial charge in [0.25, 0.3) is 0 Å². The van der Waals surface area contributed by atoms with E-state index in [-0.39, 0.29) is 12.5 Å². The summed E-state index contributed by atoms with van der Waals surface area (Å²) in [6.07, 6.45) is 0. The Bertz CT molecular complexity index is 421. The number of para-hydroxylation sites is 1. The van der Waals surface area contributed by atoms with Gasteiger partial charge in [0.2, 0.25) is 5.91 Å². The zero-order valence-electron chi connectivity index (χ0n) is 12.4. The van der Waals surface area contributed by atoms with Crippen LogP contribution in [0.5, 0.6) is 5.75 Å². The minimum absolute atomic E-state index is 0.206. The van der Waals surface area contributed by atoms with Crippen LogP contribution in [0.2, 0.25) is 0 Å². The molecule has 1 rings (SSSR count).